The smallest absolute Gasteiger partial charge is 0.324 e. The van der Waals surface area contributed by atoms with Crippen molar-refractivity contribution in [2.75, 3.05) is 13.3 Å². The fourth-order valence-corrected chi connectivity index (χ4v) is 4.38. The molecule has 3 atom stereocenters. The molecule has 3 unspecified atom stereocenters. The largest absolute Gasteiger partial charge is 0.325 e. The zero-order valence-corrected chi connectivity index (χ0v) is 17.3. The summed E-state index contributed by atoms with van der Waals surface area (Å²) in [5.41, 5.74) is 8.63. The molecule has 0 bridgehead atoms. The number of benzene rings is 1. The molecule has 1 aromatic carbocycles. The standard InChI is InChI=1S/C21H36NO3P/c1-3-4-5-6-7-8-9-18-10-12-19(13-11-18)20-14-15-21(22,16-20)17-25-26(2,23)24/h10-13,20H,3-9,14-17,22H2,1-2H3,(H,23,24). The summed E-state index contributed by atoms with van der Waals surface area (Å²) in [6, 6.07) is 8.98. The molecule has 5 heteroatoms. The topological polar surface area (TPSA) is 72.5 Å². The summed E-state index contributed by atoms with van der Waals surface area (Å²) in [5.74, 6) is 0.418. The van der Waals surface area contributed by atoms with Gasteiger partial charge >= 0.3 is 7.60 Å². The highest BCUT2D eigenvalue weighted by atomic mass is 31.2. The van der Waals surface area contributed by atoms with Crippen LogP contribution in [0, 0.1) is 0 Å². The Bertz CT molecular complexity index is 583. The summed E-state index contributed by atoms with van der Waals surface area (Å²) in [6.45, 7) is 3.62. The second-order valence-corrected chi connectivity index (χ2v) is 10.0. The van der Waals surface area contributed by atoms with Gasteiger partial charge in [0.1, 0.15) is 0 Å². The minimum atomic E-state index is -3.46. The molecule has 3 N–H and O–H groups in total. The molecule has 0 amide bonds. The first-order valence-corrected chi connectivity index (χ1v) is 12.2. The molecule has 1 aliphatic rings. The van der Waals surface area contributed by atoms with Gasteiger partial charge in [0.05, 0.1) is 6.61 Å². The van der Waals surface area contributed by atoms with Crippen molar-refractivity contribution in [3.63, 3.8) is 0 Å². The number of unbranched alkanes of at least 4 members (excludes halogenated alkanes) is 5. The van der Waals surface area contributed by atoms with Gasteiger partial charge in [-0.3, -0.25) is 4.57 Å². The molecule has 2 rings (SSSR count). The van der Waals surface area contributed by atoms with Crippen LogP contribution in [-0.2, 0) is 15.5 Å². The second kappa shape index (κ2) is 10.0. The summed E-state index contributed by atoms with van der Waals surface area (Å²) in [5, 5.41) is 0. The van der Waals surface area contributed by atoms with Gasteiger partial charge in [0.25, 0.3) is 0 Å². The van der Waals surface area contributed by atoms with Gasteiger partial charge in [-0.25, -0.2) is 0 Å². The first-order valence-electron chi connectivity index (χ1n) is 10.1. The fourth-order valence-electron chi connectivity index (χ4n) is 3.89. The van der Waals surface area contributed by atoms with E-state index in [4.69, 9.17) is 10.3 Å². The van der Waals surface area contributed by atoms with E-state index in [0.717, 1.165) is 25.7 Å². The lowest BCUT2D eigenvalue weighted by atomic mass is 9.92. The van der Waals surface area contributed by atoms with Crippen LogP contribution in [0.4, 0.5) is 0 Å². The Balaban J connectivity index is 1.77. The van der Waals surface area contributed by atoms with Crippen molar-refractivity contribution < 1.29 is 14.0 Å². The Kier molecular flexibility index (Phi) is 8.35. The molecule has 148 valence electrons. The van der Waals surface area contributed by atoms with Crippen LogP contribution in [0.2, 0.25) is 0 Å². The molecule has 1 fully saturated rings. The van der Waals surface area contributed by atoms with Crippen molar-refractivity contribution >= 4 is 7.60 Å². The number of rotatable bonds is 11. The van der Waals surface area contributed by atoms with Crippen LogP contribution in [0.5, 0.6) is 0 Å². The molecule has 1 aromatic rings. The van der Waals surface area contributed by atoms with Crippen molar-refractivity contribution in [3.05, 3.63) is 35.4 Å². The van der Waals surface area contributed by atoms with Gasteiger partial charge in [-0.2, -0.15) is 0 Å². The van der Waals surface area contributed by atoms with Gasteiger partial charge in [-0.1, -0.05) is 63.3 Å². The fraction of sp³-hybridized carbons (Fsp3) is 0.714. The van der Waals surface area contributed by atoms with E-state index in [1.165, 1.54) is 56.3 Å². The Hall–Kier alpha value is -0.670. The maximum Gasteiger partial charge on any atom is 0.325 e. The molecular weight excluding hydrogens is 345 g/mol. The van der Waals surface area contributed by atoms with E-state index in [2.05, 4.69) is 31.2 Å². The zero-order chi connectivity index (χ0) is 19.0. The molecular formula is C21H36NO3P. The summed E-state index contributed by atoms with van der Waals surface area (Å²) >= 11 is 0. The monoisotopic (exact) mass is 381 g/mol. The second-order valence-electron chi connectivity index (χ2n) is 8.14. The normalized spacial score (nSPS) is 25.3. The van der Waals surface area contributed by atoms with Crippen LogP contribution in [0.3, 0.4) is 0 Å². The molecule has 0 radical (unpaired) electrons. The molecule has 0 aromatic heterocycles. The highest BCUT2D eigenvalue weighted by Crippen LogP contribution is 2.43. The van der Waals surface area contributed by atoms with Crippen LogP contribution in [0.1, 0.15) is 81.8 Å². The van der Waals surface area contributed by atoms with Crippen LogP contribution < -0.4 is 5.73 Å². The Morgan fingerprint density at radius 1 is 1.19 bits per heavy atom. The van der Waals surface area contributed by atoms with Crippen molar-refractivity contribution in [3.8, 4) is 0 Å². The van der Waals surface area contributed by atoms with E-state index in [0.29, 0.717) is 5.92 Å². The van der Waals surface area contributed by atoms with Crippen LogP contribution >= 0.6 is 7.60 Å². The average molecular weight is 381 g/mol. The summed E-state index contributed by atoms with van der Waals surface area (Å²) in [6.07, 6.45) is 11.8. The molecule has 0 saturated heterocycles. The third-order valence-electron chi connectivity index (χ3n) is 5.51. The van der Waals surface area contributed by atoms with E-state index >= 15 is 0 Å². The zero-order valence-electron chi connectivity index (χ0n) is 16.5. The van der Waals surface area contributed by atoms with E-state index in [-0.39, 0.29) is 6.61 Å². The molecule has 0 aliphatic heterocycles. The minimum Gasteiger partial charge on any atom is -0.324 e. The quantitative estimate of drug-likeness (QED) is 0.398. The summed E-state index contributed by atoms with van der Waals surface area (Å²) in [7, 11) is -3.46. The van der Waals surface area contributed by atoms with E-state index in [9.17, 15) is 9.46 Å². The Labute approximate surface area is 159 Å². The van der Waals surface area contributed by atoms with E-state index in [1.807, 2.05) is 0 Å². The van der Waals surface area contributed by atoms with Gasteiger partial charge in [-0.15, -0.1) is 0 Å². The molecule has 0 heterocycles. The SMILES string of the molecule is CCCCCCCCc1ccc(C2CCC(N)(COP(C)(=O)O)C2)cc1. The molecule has 1 saturated carbocycles. The van der Waals surface area contributed by atoms with Crippen LogP contribution in [0.15, 0.2) is 24.3 Å². The summed E-state index contributed by atoms with van der Waals surface area (Å²) in [4.78, 5) is 9.31. The molecule has 1 aliphatic carbocycles. The highest BCUT2D eigenvalue weighted by Gasteiger charge is 2.37. The van der Waals surface area contributed by atoms with Crippen LogP contribution in [-0.4, -0.2) is 23.7 Å². The number of nitrogens with two attached hydrogens (primary N) is 1. The van der Waals surface area contributed by atoms with Crippen molar-refractivity contribution in [2.24, 2.45) is 5.73 Å². The van der Waals surface area contributed by atoms with Gasteiger partial charge in [0.15, 0.2) is 0 Å². The third-order valence-corrected chi connectivity index (χ3v) is 6.11. The lowest BCUT2D eigenvalue weighted by molar-refractivity contribution is 0.195. The van der Waals surface area contributed by atoms with E-state index in [1.54, 1.807) is 0 Å². The number of hydrogen-bond acceptors (Lipinski definition) is 3. The van der Waals surface area contributed by atoms with Gasteiger partial charge < -0.3 is 15.2 Å². The van der Waals surface area contributed by atoms with Crippen molar-refractivity contribution in [1.29, 1.82) is 0 Å². The lowest BCUT2D eigenvalue weighted by Gasteiger charge is -2.24. The maximum atomic E-state index is 11.3. The van der Waals surface area contributed by atoms with E-state index < -0.39 is 13.1 Å². The Morgan fingerprint density at radius 3 is 2.50 bits per heavy atom. The maximum absolute atomic E-state index is 11.3. The first-order chi connectivity index (χ1) is 12.3. The molecule has 0 spiro atoms. The summed E-state index contributed by atoms with van der Waals surface area (Å²) < 4.78 is 16.4. The first kappa shape index (κ1) is 21.6. The minimum absolute atomic E-state index is 0.157. The number of hydrogen-bond donors (Lipinski definition) is 2. The third kappa shape index (κ3) is 7.52. The predicted octanol–water partition coefficient (Wildman–Crippen LogP) is 5.39. The van der Waals surface area contributed by atoms with Crippen molar-refractivity contribution in [2.45, 2.75) is 82.6 Å². The van der Waals surface area contributed by atoms with Gasteiger partial charge in [-0.05, 0) is 49.1 Å². The van der Waals surface area contributed by atoms with Crippen molar-refractivity contribution in [1.82, 2.24) is 0 Å². The lowest BCUT2D eigenvalue weighted by Crippen LogP contribution is -2.41. The Morgan fingerprint density at radius 2 is 1.85 bits per heavy atom. The predicted molar refractivity (Wildman–Crippen MR) is 109 cm³/mol. The number of aryl methyl sites for hydroxylation is 1. The molecule has 4 nitrogen and oxygen atoms in total. The average Bonchev–Trinajstić information content (AvgIpc) is 2.99. The highest BCUT2D eigenvalue weighted by molar-refractivity contribution is 7.51. The molecule has 26 heavy (non-hydrogen) atoms. The van der Waals surface area contributed by atoms with Gasteiger partial charge in [0.2, 0.25) is 0 Å². The van der Waals surface area contributed by atoms with Crippen LogP contribution in [0.25, 0.3) is 0 Å². The van der Waals surface area contributed by atoms with Gasteiger partial charge in [0, 0.05) is 12.2 Å².